The van der Waals surface area contributed by atoms with Crippen LogP contribution in [0.4, 0.5) is 0 Å². The van der Waals surface area contributed by atoms with Crippen LogP contribution in [0, 0.1) is 12.8 Å². The number of hydrogen-bond donors (Lipinski definition) is 14. The van der Waals surface area contributed by atoms with Gasteiger partial charge in [0.05, 0.1) is 24.4 Å². The van der Waals surface area contributed by atoms with Crippen LogP contribution in [0.15, 0.2) is 97.1 Å². The molecule has 11 unspecified atom stereocenters. The lowest BCUT2D eigenvalue weighted by atomic mass is 9.96. The maximum atomic E-state index is 14.5. The molecular weight excluding hydrogens is 1080 g/mol. The van der Waals surface area contributed by atoms with Gasteiger partial charge >= 0.3 is 8.25 Å². The zero-order valence-corrected chi connectivity index (χ0v) is 45.2. The zero-order chi connectivity index (χ0) is 58.4. The molecule has 27 heteroatoms. The third-order valence-electron chi connectivity index (χ3n) is 14.4. The summed E-state index contributed by atoms with van der Waals surface area (Å²) in [7, 11) is -3.10. The predicted molar refractivity (Wildman–Crippen MR) is 286 cm³/mol. The fourth-order valence-electron chi connectivity index (χ4n) is 9.83. The molecule has 7 amide bonds. The van der Waals surface area contributed by atoms with E-state index in [0.717, 1.165) is 70.2 Å². The molecule has 3 aliphatic rings. The van der Waals surface area contributed by atoms with Gasteiger partial charge in [0.1, 0.15) is 54.6 Å². The Hall–Kier alpha value is -7.33. The summed E-state index contributed by atoms with van der Waals surface area (Å²) in [6.07, 6.45) is -17.1. The highest BCUT2D eigenvalue weighted by atomic mass is 31.1. The normalized spacial score (nSPS) is 27.8. The van der Waals surface area contributed by atoms with Crippen LogP contribution in [-0.4, -0.2) is 195 Å². The highest BCUT2D eigenvalue weighted by molar-refractivity contribution is 7.32. The predicted octanol–water partition coefficient (Wildman–Crippen LogP) is -2.69. The molecule has 3 aliphatic heterocycles. The van der Waals surface area contributed by atoms with Gasteiger partial charge in [-0.3, -0.25) is 33.6 Å². The second-order valence-electron chi connectivity index (χ2n) is 20.4. The number of rotatable bonds is 11. The first-order chi connectivity index (χ1) is 37.8. The number of amides is 7. The molecule has 7 rings (SSSR count). The van der Waals surface area contributed by atoms with Crippen LogP contribution in [0.3, 0.4) is 0 Å². The van der Waals surface area contributed by atoms with Crippen LogP contribution in [0.2, 0.25) is 0 Å². The van der Waals surface area contributed by atoms with Crippen LogP contribution in [0.1, 0.15) is 61.2 Å². The highest BCUT2D eigenvalue weighted by Crippen LogP contribution is 2.30. The summed E-state index contributed by atoms with van der Waals surface area (Å²) in [4.78, 5) is 111. The Morgan fingerprint density at radius 1 is 0.642 bits per heavy atom. The molecule has 0 saturated carbocycles. The molecule has 0 bridgehead atoms. The van der Waals surface area contributed by atoms with Crippen molar-refractivity contribution in [3.8, 4) is 28.0 Å². The number of nitrogens with one attached hydrogen (secondary N) is 5. The molecule has 16 atom stereocenters. The Balaban J connectivity index is 0.0000106. The Morgan fingerprint density at radius 2 is 1.14 bits per heavy atom. The fourth-order valence-corrected chi connectivity index (χ4v) is 10.1. The first-order valence-corrected chi connectivity index (χ1v) is 26.8. The number of aryl methyl sites for hydroxylation is 1. The SMILES string of the molecule is Cc1ccc(-c2ccc(-c3ccc(C(=O)NC4CC(O)C(O)NC(=O)[C@@H]5C(O)C(C)CN5C(=O)[C@H](C(C)O)NC(=O)[C@H](C(O)C(O)c5ccc(O[P+](=O)O)cc5)NC(=O)[C@@H]5CC(O)CN5C(=O)[C@H](C(C)O)NC4=O)cc3)cc2)cc1.O. The molecule has 16 N–H and O–H groups in total. The van der Waals surface area contributed by atoms with E-state index in [1.807, 2.05) is 55.5 Å². The topological polar surface area (TPSA) is 426 Å². The minimum atomic E-state index is -3.10. The van der Waals surface area contributed by atoms with Gasteiger partial charge in [-0.25, -0.2) is 4.52 Å². The average molecular weight is 1150 g/mol. The molecule has 4 aromatic carbocycles. The van der Waals surface area contributed by atoms with Crippen molar-refractivity contribution >= 4 is 49.6 Å². The van der Waals surface area contributed by atoms with E-state index in [9.17, 15) is 79.0 Å². The van der Waals surface area contributed by atoms with Crippen LogP contribution in [0.25, 0.3) is 22.3 Å². The van der Waals surface area contributed by atoms with E-state index in [1.54, 1.807) is 12.1 Å². The lowest BCUT2D eigenvalue weighted by Gasteiger charge is -2.34. The number of carbonyl (C=O) groups is 7. The van der Waals surface area contributed by atoms with E-state index in [4.69, 9.17) is 9.42 Å². The smallest absolute Gasteiger partial charge is 0.412 e. The maximum Gasteiger partial charge on any atom is 0.747 e. The molecule has 4 aromatic rings. The third-order valence-corrected chi connectivity index (χ3v) is 14.8. The molecule has 0 aromatic heterocycles. The van der Waals surface area contributed by atoms with Gasteiger partial charge in [0.2, 0.25) is 35.4 Å². The largest absolute Gasteiger partial charge is 0.747 e. The van der Waals surface area contributed by atoms with Crippen LogP contribution in [0.5, 0.6) is 5.75 Å². The second kappa shape index (κ2) is 27.0. The quantitative estimate of drug-likeness (QED) is 0.0680. The molecule has 26 nitrogen and oxygen atoms in total. The van der Waals surface area contributed by atoms with E-state index in [0.29, 0.717) is 5.56 Å². The summed E-state index contributed by atoms with van der Waals surface area (Å²) < 4.78 is 16.0. The van der Waals surface area contributed by atoms with Gasteiger partial charge < -0.3 is 82.7 Å². The number of benzene rings is 4. The van der Waals surface area contributed by atoms with E-state index < -0.39 is 167 Å². The standard InChI is InChI=1S/C54H64N7O18P.H2O/c1-25-5-7-29(8-6-25)30-9-11-31(12-10-30)32-13-15-34(16-14-32)47(69)55-37-22-39(65)50(72)59-52(74)43-44(66)26(2)23-61(43)54(76)41(28(4)63)57-51(73)42(46(68)45(67)33-17-19-36(20-18-33)79-80(77)78)58-49(71)38-21-35(64)24-60(38)53(75)40(27(3)62)56-48(37)70;/h5-20,26-28,35,37-46,50,62-68,72H,21-24H2,1-4H3,(H5-,55,56,57,58,59,69,70,71,73,74,77,78);1H2/p+1/t26?,27?,28?,35?,37?,38-,39?,40-,41-,42-,43-,44?,45?,46?,50?;/m0./s1. The van der Waals surface area contributed by atoms with E-state index in [2.05, 4.69) is 26.6 Å². The Morgan fingerprint density at radius 3 is 1.67 bits per heavy atom. The highest BCUT2D eigenvalue weighted by Gasteiger charge is 2.50. The minimum Gasteiger partial charge on any atom is -0.412 e. The van der Waals surface area contributed by atoms with E-state index in [1.165, 1.54) is 19.1 Å². The molecule has 436 valence electrons. The summed E-state index contributed by atoms with van der Waals surface area (Å²) in [5.41, 5.74) is 4.48. The average Bonchev–Trinajstić information content (AvgIpc) is 4.13. The number of fused-ring (bicyclic) bond motifs is 2. The molecule has 3 heterocycles. The summed E-state index contributed by atoms with van der Waals surface area (Å²) >= 11 is 0. The first kappa shape index (κ1) is 62.9. The van der Waals surface area contributed by atoms with Crippen molar-refractivity contribution in [3.05, 3.63) is 114 Å². The van der Waals surface area contributed by atoms with Gasteiger partial charge in [-0.1, -0.05) is 85.3 Å². The lowest BCUT2D eigenvalue weighted by Crippen LogP contribution is -2.64. The molecular formula is C54H67N7O19P+. The van der Waals surface area contributed by atoms with Gasteiger partial charge in [0, 0.05) is 42.0 Å². The van der Waals surface area contributed by atoms with Crippen LogP contribution < -0.4 is 31.1 Å². The van der Waals surface area contributed by atoms with E-state index in [-0.39, 0.29) is 22.4 Å². The maximum absolute atomic E-state index is 14.5. The summed E-state index contributed by atoms with van der Waals surface area (Å²) in [6, 6.07) is 14.6. The molecule has 0 aliphatic carbocycles. The number of nitrogens with zero attached hydrogens (tertiary/aromatic N) is 2. The zero-order valence-electron chi connectivity index (χ0n) is 44.3. The van der Waals surface area contributed by atoms with Crippen molar-refractivity contribution in [1.29, 1.82) is 0 Å². The van der Waals surface area contributed by atoms with Crippen molar-refractivity contribution in [2.24, 2.45) is 5.92 Å². The van der Waals surface area contributed by atoms with Crippen molar-refractivity contribution in [2.45, 2.75) is 126 Å². The van der Waals surface area contributed by atoms with Crippen molar-refractivity contribution in [3.63, 3.8) is 0 Å². The second-order valence-corrected chi connectivity index (χ2v) is 21.0. The molecule has 3 saturated heterocycles. The Kier molecular flexibility index (Phi) is 20.9. The number of hydrogen-bond acceptors (Lipinski definition) is 17. The first-order valence-electron chi connectivity index (χ1n) is 25.6. The fraction of sp³-hybridized carbons (Fsp3) is 0.426. The van der Waals surface area contributed by atoms with Gasteiger partial charge in [-0.15, -0.1) is 4.89 Å². The number of aliphatic hydroxyl groups excluding tert-OH is 8. The molecule has 0 radical (unpaired) electrons. The van der Waals surface area contributed by atoms with Crippen molar-refractivity contribution < 1.29 is 93.9 Å². The number of carbonyl (C=O) groups excluding carboxylic acids is 7. The Labute approximate surface area is 465 Å². The Bertz CT molecular complexity index is 2920. The van der Waals surface area contributed by atoms with E-state index >= 15 is 0 Å². The monoisotopic (exact) mass is 1150 g/mol. The summed E-state index contributed by atoms with van der Waals surface area (Å²) in [5, 5.41) is 101. The molecule has 0 spiro atoms. The summed E-state index contributed by atoms with van der Waals surface area (Å²) in [6.45, 7) is 4.59. The van der Waals surface area contributed by atoms with Gasteiger partial charge in [-0.05, 0) is 72.9 Å². The third kappa shape index (κ3) is 14.8. The summed E-state index contributed by atoms with van der Waals surface area (Å²) in [5.74, 6) is -9.55. The van der Waals surface area contributed by atoms with Crippen LogP contribution in [-0.2, 0) is 33.3 Å². The van der Waals surface area contributed by atoms with Crippen molar-refractivity contribution in [2.75, 3.05) is 13.1 Å². The molecule has 81 heavy (non-hydrogen) atoms. The lowest BCUT2D eigenvalue weighted by molar-refractivity contribution is -0.148. The minimum absolute atomic E-state index is 0. The van der Waals surface area contributed by atoms with Gasteiger partial charge in [-0.2, -0.15) is 0 Å². The van der Waals surface area contributed by atoms with Crippen LogP contribution >= 0.6 is 8.25 Å². The van der Waals surface area contributed by atoms with Gasteiger partial charge in [0.15, 0.2) is 12.0 Å². The van der Waals surface area contributed by atoms with Crippen molar-refractivity contribution in [1.82, 2.24) is 36.4 Å². The van der Waals surface area contributed by atoms with Gasteiger partial charge in [0.25, 0.3) is 5.91 Å². The number of aliphatic hydroxyl groups is 8. The molecule has 3 fully saturated rings.